The molecule has 6 heteroatoms. The molecule has 1 atom stereocenters. The minimum absolute atomic E-state index is 0.00232. The predicted molar refractivity (Wildman–Crippen MR) is 76.5 cm³/mol. The molecular formula is C15H24N2O4. The number of piperazine rings is 1. The molecule has 2 aliphatic rings. The molecule has 0 spiro atoms. The average Bonchev–Trinajstić information content (AvgIpc) is 2.86. The summed E-state index contributed by atoms with van der Waals surface area (Å²) in [5.41, 5.74) is -0.473. The first-order valence-corrected chi connectivity index (χ1v) is 7.66. The maximum Gasteiger partial charge on any atom is 0.328 e. The van der Waals surface area contributed by atoms with Crippen LogP contribution in [0.2, 0.25) is 0 Å². The van der Waals surface area contributed by atoms with Gasteiger partial charge in [-0.3, -0.25) is 9.59 Å². The van der Waals surface area contributed by atoms with E-state index in [1.54, 1.807) is 0 Å². The van der Waals surface area contributed by atoms with Crippen molar-refractivity contribution in [3.63, 3.8) is 0 Å². The van der Waals surface area contributed by atoms with E-state index in [2.05, 4.69) is 19.2 Å². The van der Waals surface area contributed by atoms with Crippen LogP contribution in [-0.2, 0) is 14.4 Å². The molecule has 2 amide bonds. The summed E-state index contributed by atoms with van der Waals surface area (Å²) in [5, 5.41) is 11.8. The number of nitrogens with zero attached hydrogens (tertiary/aromatic N) is 1. The molecule has 21 heavy (non-hydrogen) atoms. The van der Waals surface area contributed by atoms with Gasteiger partial charge in [0.05, 0.1) is 0 Å². The first-order chi connectivity index (χ1) is 9.85. The highest BCUT2D eigenvalue weighted by Crippen LogP contribution is 2.45. The van der Waals surface area contributed by atoms with Gasteiger partial charge in [-0.05, 0) is 25.2 Å². The van der Waals surface area contributed by atoms with Gasteiger partial charge in [-0.2, -0.15) is 0 Å². The van der Waals surface area contributed by atoms with Crippen molar-refractivity contribution in [1.29, 1.82) is 0 Å². The second-order valence-corrected chi connectivity index (χ2v) is 6.68. The van der Waals surface area contributed by atoms with E-state index in [-0.39, 0.29) is 24.9 Å². The first kappa shape index (κ1) is 15.8. The minimum Gasteiger partial charge on any atom is -0.480 e. The van der Waals surface area contributed by atoms with Crippen molar-refractivity contribution in [2.24, 2.45) is 11.3 Å². The van der Waals surface area contributed by atoms with Crippen LogP contribution in [0, 0.1) is 11.3 Å². The molecule has 2 rings (SSSR count). The molecule has 1 saturated carbocycles. The number of hydrogen-bond donors (Lipinski definition) is 2. The summed E-state index contributed by atoms with van der Waals surface area (Å²) in [4.78, 5) is 37.2. The van der Waals surface area contributed by atoms with E-state index < -0.39 is 17.4 Å². The van der Waals surface area contributed by atoms with Crippen LogP contribution in [0.3, 0.4) is 0 Å². The number of aliphatic carboxylic acids is 1. The summed E-state index contributed by atoms with van der Waals surface area (Å²) in [5.74, 6) is -1.11. The van der Waals surface area contributed by atoms with Gasteiger partial charge in [0.15, 0.2) is 0 Å². The fourth-order valence-electron chi connectivity index (χ4n) is 3.72. The lowest BCUT2D eigenvalue weighted by Gasteiger charge is -2.40. The number of carbonyl (C=O) groups is 3. The van der Waals surface area contributed by atoms with Crippen LogP contribution in [0.1, 0.15) is 46.0 Å². The van der Waals surface area contributed by atoms with E-state index in [0.717, 1.165) is 32.1 Å². The van der Waals surface area contributed by atoms with Gasteiger partial charge in [0.1, 0.15) is 12.6 Å². The van der Waals surface area contributed by atoms with Crippen LogP contribution in [0.4, 0.5) is 0 Å². The van der Waals surface area contributed by atoms with Crippen LogP contribution in [0.25, 0.3) is 0 Å². The monoisotopic (exact) mass is 296 g/mol. The van der Waals surface area contributed by atoms with Crippen molar-refractivity contribution >= 4 is 17.8 Å². The normalized spacial score (nSPS) is 25.0. The predicted octanol–water partition coefficient (Wildman–Crippen LogP) is 1.00. The molecule has 0 aromatic carbocycles. The van der Waals surface area contributed by atoms with Crippen LogP contribution in [0.15, 0.2) is 0 Å². The Morgan fingerprint density at radius 3 is 2.52 bits per heavy atom. The Morgan fingerprint density at radius 1 is 1.38 bits per heavy atom. The maximum absolute atomic E-state index is 13.0. The molecule has 0 aromatic rings. The van der Waals surface area contributed by atoms with Crippen LogP contribution in [0.5, 0.6) is 0 Å². The molecule has 0 aromatic heterocycles. The van der Waals surface area contributed by atoms with Gasteiger partial charge in [0.2, 0.25) is 11.8 Å². The van der Waals surface area contributed by atoms with E-state index in [4.69, 9.17) is 0 Å². The third-order valence-corrected chi connectivity index (χ3v) is 4.54. The third-order valence-electron chi connectivity index (χ3n) is 4.54. The van der Waals surface area contributed by atoms with Crippen molar-refractivity contribution in [2.75, 3.05) is 13.1 Å². The van der Waals surface area contributed by atoms with Gasteiger partial charge in [-0.1, -0.05) is 26.7 Å². The molecular weight excluding hydrogens is 272 g/mol. The maximum atomic E-state index is 13.0. The van der Waals surface area contributed by atoms with Crippen molar-refractivity contribution < 1.29 is 19.5 Å². The molecule has 2 N–H and O–H groups in total. The highest BCUT2D eigenvalue weighted by Gasteiger charge is 2.47. The summed E-state index contributed by atoms with van der Waals surface area (Å²) in [6.45, 7) is 4.00. The lowest BCUT2D eigenvalue weighted by atomic mass is 9.77. The highest BCUT2D eigenvalue weighted by molar-refractivity contribution is 5.93. The lowest BCUT2D eigenvalue weighted by Crippen LogP contribution is -2.62. The topological polar surface area (TPSA) is 86.7 Å². The lowest BCUT2D eigenvalue weighted by molar-refractivity contribution is -0.159. The molecule has 0 radical (unpaired) electrons. The van der Waals surface area contributed by atoms with Gasteiger partial charge in [0, 0.05) is 12.0 Å². The molecule has 1 aliphatic heterocycles. The van der Waals surface area contributed by atoms with Gasteiger partial charge in [-0.15, -0.1) is 0 Å². The zero-order valence-corrected chi connectivity index (χ0v) is 12.7. The molecule has 1 heterocycles. The third kappa shape index (κ3) is 3.19. The van der Waals surface area contributed by atoms with Crippen molar-refractivity contribution in [1.82, 2.24) is 10.2 Å². The number of rotatable bonds is 4. The number of carboxylic acid groups (broad SMARTS) is 1. The van der Waals surface area contributed by atoms with Gasteiger partial charge >= 0.3 is 5.97 Å². The smallest absolute Gasteiger partial charge is 0.328 e. The first-order valence-electron chi connectivity index (χ1n) is 7.66. The summed E-state index contributed by atoms with van der Waals surface area (Å²) < 4.78 is 0. The molecule has 0 bridgehead atoms. The van der Waals surface area contributed by atoms with Crippen LogP contribution < -0.4 is 5.32 Å². The highest BCUT2D eigenvalue weighted by atomic mass is 16.4. The molecule has 1 unspecified atom stereocenters. The zero-order chi connectivity index (χ0) is 15.6. The molecule has 2 fully saturated rings. The second-order valence-electron chi connectivity index (χ2n) is 6.68. The Hall–Kier alpha value is -1.59. The van der Waals surface area contributed by atoms with E-state index in [1.807, 2.05) is 0 Å². The number of carbonyl (C=O) groups excluding carboxylic acids is 2. The van der Waals surface area contributed by atoms with Gasteiger partial charge in [0.25, 0.3) is 0 Å². The van der Waals surface area contributed by atoms with Crippen molar-refractivity contribution in [3.8, 4) is 0 Å². The number of amides is 2. The molecule has 1 saturated heterocycles. The molecule has 118 valence electrons. The Morgan fingerprint density at radius 2 is 2.00 bits per heavy atom. The average molecular weight is 296 g/mol. The van der Waals surface area contributed by atoms with E-state index in [0.29, 0.717) is 5.92 Å². The number of nitrogens with one attached hydrogen (secondary N) is 1. The van der Waals surface area contributed by atoms with Crippen molar-refractivity contribution in [3.05, 3.63) is 0 Å². The summed E-state index contributed by atoms with van der Waals surface area (Å²) >= 11 is 0. The fraction of sp³-hybridized carbons (Fsp3) is 0.800. The Bertz CT molecular complexity index is 441. The van der Waals surface area contributed by atoms with E-state index in [9.17, 15) is 19.5 Å². The van der Waals surface area contributed by atoms with Gasteiger partial charge in [-0.25, -0.2) is 4.79 Å². The SMILES string of the molecule is CC(C)CC1(C(=O)N2CC(=O)NCC2C(=O)O)CCCC1. The summed E-state index contributed by atoms with van der Waals surface area (Å²) in [7, 11) is 0. The zero-order valence-electron chi connectivity index (χ0n) is 12.7. The van der Waals surface area contributed by atoms with Gasteiger partial charge < -0.3 is 15.3 Å². The molecule has 6 nitrogen and oxygen atoms in total. The Kier molecular flexibility index (Phi) is 4.54. The minimum atomic E-state index is -1.05. The second kappa shape index (κ2) is 6.03. The summed E-state index contributed by atoms with van der Waals surface area (Å²) in [6.07, 6.45) is 4.35. The Balaban J connectivity index is 2.25. The van der Waals surface area contributed by atoms with E-state index >= 15 is 0 Å². The van der Waals surface area contributed by atoms with Crippen LogP contribution >= 0.6 is 0 Å². The Labute approximate surface area is 124 Å². The quantitative estimate of drug-likeness (QED) is 0.810. The van der Waals surface area contributed by atoms with Crippen LogP contribution in [-0.4, -0.2) is 46.9 Å². The fourth-order valence-corrected chi connectivity index (χ4v) is 3.72. The number of hydrogen-bond acceptors (Lipinski definition) is 3. The summed E-state index contributed by atoms with van der Waals surface area (Å²) in [6, 6.07) is -0.945. The molecule has 1 aliphatic carbocycles. The van der Waals surface area contributed by atoms with E-state index in [1.165, 1.54) is 4.90 Å². The standard InChI is InChI=1S/C15H24N2O4/c1-10(2)7-15(5-3-4-6-15)14(21)17-9-12(18)16-8-11(17)13(19)20/h10-11H,3-9H2,1-2H3,(H,16,18)(H,19,20). The largest absolute Gasteiger partial charge is 0.480 e. The van der Waals surface area contributed by atoms with Crippen molar-refractivity contribution in [2.45, 2.75) is 52.0 Å². The number of carboxylic acids is 1.